The quantitative estimate of drug-likeness (QED) is 0.354. The zero-order valence-corrected chi connectivity index (χ0v) is 20.5. The van der Waals surface area contributed by atoms with E-state index in [1.807, 2.05) is 89.7 Å². The van der Waals surface area contributed by atoms with Crippen LogP contribution in [0, 0.1) is 11.3 Å². The third-order valence-electron chi connectivity index (χ3n) is 6.35. The van der Waals surface area contributed by atoms with Crippen LogP contribution in [0.2, 0.25) is 0 Å². The fraction of sp³-hybridized carbons (Fsp3) is 0.179. The Morgan fingerprint density at radius 1 is 1.03 bits per heavy atom. The third-order valence-corrected chi connectivity index (χ3v) is 6.35. The van der Waals surface area contributed by atoms with Crippen molar-refractivity contribution in [2.75, 3.05) is 5.32 Å². The van der Waals surface area contributed by atoms with Crippen molar-refractivity contribution in [3.63, 3.8) is 0 Å². The Morgan fingerprint density at radius 2 is 1.68 bits per heavy atom. The van der Waals surface area contributed by atoms with Crippen molar-refractivity contribution in [3.05, 3.63) is 107 Å². The summed E-state index contributed by atoms with van der Waals surface area (Å²) in [6, 6.07) is 22.2. The number of pyridine rings is 1. The fourth-order valence-electron chi connectivity index (χ4n) is 4.47. The molecule has 0 aliphatic heterocycles. The van der Waals surface area contributed by atoms with E-state index >= 15 is 0 Å². The zero-order valence-electron chi connectivity index (χ0n) is 20.5. The number of anilines is 1. The Kier molecular flexibility index (Phi) is 6.26. The molecule has 9 heteroatoms. The van der Waals surface area contributed by atoms with E-state index < -0.39 is 11.5 Å². The normalized spacial score (nSPS) is 11.4. The minimum absolute atomic E-state index is 0.0600. The molecule has 0 radical (unpaired) electrons. The molecule has 0 saturated heterocycles. The fourth-order valence-corrected chi connectivity index (χ4v) is 4.47. The highest BCUT2D eigenvalue weighted by molar-refractivity contribution is 6.06. The van der Waals surface area contributed by atoms with Gasteiger partial charge in [-0.1, -0.05) is 60.7 Å². The van der Waals surface area contributed by atoms with Crippen molar-refractivity contribution < 1.29 is 9.90 Å². The first-order valence-electron chi connectivity index (χ1n) is 12.0. The summed E-state index contributed by atoms with van der Waals surface area (Å²) in [5.41, 5.74) is 0.519. The summed E-state index contributed by atoms with van der Waals surface area (Å²) in [5.74, 6) is 0.222. The standard InChI is InChI=1S/C28H25N7O2/c1-3-34-17-24(30-18-34)32-26(36)21-15-23-25(31-22(21)16-29)33-27(35(23)4-2)28(37,19-11-7-5-8-12-19)20-13-9-6-10-14-20/h5-15,17-18,37H,3-4H2,1-2H3,(H,32,36). The van der Waals surface area contributed by atoms with Gasteiger partial charge in [0.2, 0.25) is 0 Å². The van der Waals surface area contributed by atoms with E-state index in [4.69, 9.17) is 4.98 Å². The van der Waals surface area contributed by atoms with Crippen LogP contribution in [0.4, 0.5) is 5.82 Å². The van der Waals surface area contributed by atoms with Crippen LogP contribution in [0.1, 0.15) is 46.9 Å². The van der Waals surface area contributed by atoms with Gasteiger partial charge in [0, 0.05) is 19.3 Å². The van der Waals surface area contributed by atoms with Gasteiger partial charge >= 0.3 is 0 Å². The average Bonchev–Trinajstić information content (AvgIpc) is 3.56. The molecular formula is C28H25N7O2. The number of fused-ring (bicyclic) bond motifs is 1. The second-order valence-corrected chi connectivity index (χ2v) is 8.50. The third kappa shape index (κ3) is 4.13. The molecule has 5 rings (SSSR count). The van der Waals surface area contributed by atoms with Crippen molar-refractivity contribution in [3.8, 4) is 6.07 Å². The molecule has 9 nitrogen and oxygen atoms in total. The number of amides is 1. The lowest BCUT2D eigenvalue weighted by molar-refractivity contribution is 0.102. The van der Waals surface area contributed by atoms with Gasteiger partial charge < -0.3 is 19.6 Å². The Balaban J connectivity index is 1.69. The molecule has 184 valence electrons. The predicted molar refractivity (Wildman–Crippen MR) is 139 cm³/mol. The second-order valence-electron chi connectivity index (χ2n) is 8.50. The molecule has 2 N–H and O–H groups in total. The Labute approximate surface area is 213 Å². The summed E-state index contributed by atoms with van der Waals surface area (Å²) in [6.45, 7) is 5.05. The number of nitrogens with one attached hydrogen (secondary N) is 1. The van der Waals surface area contributed by atoms with Crippen molar-refractivity contribution in [1.82, 2.24) is 24.1 Å². The number of hydrogen-bond acceptors (Lipinski definition) is 6. The molecule has 1 amide bonds. The minimum Gasteiger partial charge on any atom is -0.373 e. The minimum atomic E-state index is -1.60. The van der Waals surface area contributed by atoms with E-state index in [0.29, 0.717) is 41.4 Å². The molecule has 0 bridgehead atoms. The number of aromatic nitrogens is 5. The first-order valence-corrected chi connectivity index (χ1v) is 12.0. The molecule has 0 aliphatic rings. The van der Waals surface area contributed by atoms with Crippen LogP contribution in [0.5, 0.6) is 0 Å². The molecule has 0 unspecified atom stereocenters. The smallest absolute Gasteiger partial charge is 0.259 e. The van der Waals surface area contributed by atoms with Crippen molar-refractivity contribution >= 4 is 22.9 Å². The number of aryl methyl sites for hydroxylation is 2. The average molecular weight is 492 g/mol. The molecule has 5 aromatic rings. The Morgan fingerprint density at radius 3 is 2.22 bits per heavy atom. The van der Waals surface area contributed by atoms with E-state index in [1.165, 1.54) is 0 Å². The van der Waals surface area contributed by atoms with Crippen LogP contribution >= 0.6 is 0 Å². The van der Waals surface area contributed by atoms with Gasteiger partial charge in [0.25, 0.3) is 5.91 Å². The highest BCUT2D eigenvalue weighted by atomic mass is 16.3. The van der Waals surface area contributed by atoms with Crippen LogP contribution in [0.3, 0.4) is 0 Å². The van der Waals surface area contributed by atoms with Gasteiger partial charge in [0.05, 0.1) is 17.4 Å². The van der Waals surface area contributed by atoms with Crippen LogP contribution in [-0.4, -0.2) is 35.1 Å². The van der Waals surface area contributed by atoms with E-state index in [0.717, 1.165) is 0 Å². The van der Waals surface area contributed by atoms with Gasteiger partial charge in [0.1, 0.15) is 6.07 Å². The summed E-state index contributed by atoms with van der Waals surface area (Å²) < 4.78 is 3.65. The number of rotatable bonds is 7. The summed E-state index contributed by atoms with van der Waals surface area (Å²) in [7, 11) is 0. The predicted octanol–water partition coefficient (Wildman–Crippen LogP) is 4.08. The Bertz CT molecular complexity index is 1580. The largest absolute Gasteiger partial charge is 0.373 e. The van der Waals surface area contributed by atoms with Gasteiger partial charge in [-0.3, -0.25) is 4.79 Å². The topological polar surface area (TPSA) is 122 Å². The number of imidazole rings is 2. The molecule has 0 fully saturated rings. The number of hydrogen-bond donors (Lipinski definition) is 2. The lowest BCUT2D eigenvalue weighted by atomic mass is 9.85. The summed E-state index contributed by atoms with van der Waals surface area (Å²) in [5, 5.41) is 24.8. The van der Waals surface area contributed by atoms with Crippen LogP contribution in [0.25, 0.3) is 11.2 Å². The molecule has 3 aromatic heterocycles. The first-order chi connectivity index (χ1) is 18.0. The highest BCUT2D eigenvalue weighted by Crippen LogP contribution is 2.37. The Hall–Kier alpha value is -4.81. The van der Waals surface area contributed by atoms with Gasteiger partial charge in [-0.25, -0.2) is 15.0 Å². The number of aliphatic hydroxyl groups is 1. The van der Waals surface area contributed by atoms with Crippen molar-refractivity contribution in [2.24, 2.45) is 0 Å². The van der Waals surface area contributed by atoms with Crippen LogP contribution in [0.15, 0.2) is 79.3 Å². The molecule has 0 aliphatic carbocycles. The van der Waals surface area contributed by atoms with E-state index in [9.17, 15) is 15.2 Å². The number of nitriles is 1. The monoisotopic (exact) mass is 491 g/mol. The number of carbonyl (C=O) groups excluding carboxylic acids is 1. The lowest BCUT2D eigenvalue weighted by Crippen LogP contribution is -2.32. The van der Waals surface area contributed by atoms with Gasteiger partial charge in [-0.05, 0) is 31.0 Å². The second kappa shape index (κ2) is 9.68. The molecule has 2 aromatic carbocycles. The number of carbonyl (C=O) groups is 1. The van der Waals surface area contributed by atoms with Gasteiger partial charge in [-0.15, -0.1) is 0 Å². The van der Waals surface area contributed by atoms with Crippen LogP contribution in [-0.2, 0) is 18.7 Å². The SMILES string of the molecule is CCn1cnc(NC(=O)c2cc3c(nc2C#N)nc(C(O)(c2ccccc2)c2ccccc2)n3CC)c1. The highest BCUT2D eigenvalue weighted by Gasteiger charge is 2.39. The molecule has 0 saturated carbocycles. The lowest BCUT2D eigenvalue weighted by Gasteiger charge is -2.29. The number of benzene rings is 2. The number of nitrogens with zero attached hydrogens (tertiary/aromatic N) is 6. The van der Waals surface area contributed by atoms with E-state index in [2.05, 4.69) is 15.3 Å². The summed E-state index contributed by atoms with van der Waals surface area (Å²) in [4.78, 5) is 26.5. The van der Waals surface area contributed by atoms with E-state index in [-0.39, 0.29) is 16.9 Å². The van der Waals surface area contributed by atoms with E-state index in [1.54, 1.807) is 18.6 Å². The maximum Gasteiger partial charge on any atom is 0.259 e. The van der Waals surface area contributed by atoms with Crippen molar-refractivity contribution in [2.45, 2.75) is 32.5 Å². The van der Waals surface area contributed by atoms with Crippen LogP contribution < -0.4 is 5.32 Å². The first kappa shape index (κ1) is 23.9. The van der Waals surface area contributed by atoms with Gasteiger partial charge in [-0.2, -0.15) is 5.26 Å². The molecular weight excluding hydrogens is 466 g/mol. The molecule has 0 spiro atoms. The summed E-state index contributed by atoms with van der Waals surface area (Å²) in [6.07, 6.45) is 3.33. The summed E-state index contributed by atoms with van der Waals surface area (Å²) >= 11 is 0. The van der Waals surface area contributed by atoms with Crippen molar-refractivity contribution in [1.29, 1.82) is 5.26 Å². The molecule has 0 atom stereocenters. The maximum atomic E-state index is 13.2. The molecule has 37 heavy (non-hydrogen) atoms. The zero-order chi connectivity index (χ0) is 26.0. The van der Waals surface area contributed by atoms with Gasteiger partial charge in [0.15, 0.2) is 28.6 Å². The maximum absolute atomic E-state index is 13.2. The molecule has 3 heterocycles.